The van der Waals surface area contributed by atoms with Crippen molar-refractivity contribution >= 4 is 17.8 Å². The Morgan fingerprint density at radius 2 is 1.95 bits per heavy atom. The molecule has 0 spiro atoms. The molecule has 0 saturated carbocycles. The molecule has 6 heteroatoms. The molecule has 114 valence electrons. The van der Waals surface area contributed by atoms with E-state index in [1.165, 1.54) is 7.11 Å². The Hall–Kier alpha value is -1.59. The zero-order valence-corrected chi connectivity index (χ0v) is 12.3. The molecule has 1 rings (SSSR count). The number of carboxylic acid groups (broad SMARTS) is 1. The molecule has 0 aromatic rings. The van der Waals surface area contributed by atoms with Crippen LogP contribution in [0.2, 0.25) is 0 Å². The maximum absolute atomic E-state index is 12.2. The first-order chi connectivity index (χ1) is 9.25. The molecule has 20 heavy (non-hydrogen) atoms. The molecule has 1 saturated heterocycles. The van der Waals surface area contributed by atoms with Crippen LogP contribution in [-0.2, 0) is 19.1 Å². The van der Waals surface area contributed by atoms with Crippen molar-refractivity contribution in [3.05, 3.63) is 0 Å². The number of carbonyl (C=O) groups excluding carboxylic acids is 2. The van der Waals surface area contributed by atoms with E-state index in [-0.39, 0.29) is 30.6 Å². The number of amides is 1. The zero-order chi connectivity index (χ0) is 15.3. The third kappa shape index (κ3) is 4.83. The molecule has 6 nitrogen and oxygen atoms in total. The average molecular weight is 285 g/mol. The van der Waals surface area contributed by atoms with Gasteiger partial charge >= 0.3 is 11.9 Å². The molecular weight excluding hydrogens is 262 g/mol. The Morgan fingerprint density at radius 3 is 2.50 bits per heavy atom. The maximum atomic E-state index is 12.2. The fourth-order valence-electron chi connectivity index (χ4n) is 2.56. The highest BCUT2D eigenvalue weighted by Crippen LogP contribution is 2.27. The highest BCUT2D eigenvalue weighted by Gasteiger charge is 2.32. The van der Waals surface area contributed by atoms with Gasteiger partial charge in [0.05, 0.1) is 19.4 Å². The van der Waals surface area contributed by atoms with E-state index in [1.54, 1.807) is 18.7 Å². The van der Waals surface area contributed by atoms with E-state index in [0.29, 0.717) is 13.1 Å². The fraction of sp³-hybridized carbons (Fsp3) is 0.786. The lowest BCUT2D eigenvalue weighted by Crippen LogP contribution is -2.44. The summed E-state index contributed by atoms with van der Waals surface area (Å²) >= 11 is 0. The summed E-state index contributed by atoms with van der Waals surface area (Å²) in [5, 5.41) is 8.83. The third-order valence-electron chi connectivity index (χ3n) is 3.57. The minimum Gasteiger partial charge on any atom is -0.481 e. The van der Waals surface area contributed by atoms with Gasteiger partial charge in [-0.3, -0.25) is 14.4 Å². The minimum absolute atomic E-state index is 0.0486. The van der Waals surface area contributed by atoms with Crippen LogP contribution in [0.5, 0.6) is 0 Å². The summed E-state index contributed by atoms with van der Waals surface area (Å²) in [5.41, 5.74) is -0.582. The predicted octanol–water partition coefficient (Wildman–Crippen LogP) is 1.29. The Morgan fingerprint density at radius 1 is 1.30 bits per heavy atom. The van der Waals surface area contributed by atoms with Crippen LogP contribution in [0.15, 0.2) is 0 Å². The molecule has 1 unspecified atom stereocenters. The molecule has 1 fully saturated rings. The Bertz CT molecular complexity index is 391. The van der Waals surface area contributed by atoms with E-state index in [4.69, 9.17) is 9.84 Å². The number of ether oxygens (including phenoxy) is 1. The minimum atomic E-state index is -0.908. The SMILES string of the molecule is COC(=O)C1CCCN(C(=O)CC(C)(C)CC(=O)O)C1. The van der Waals surface area contributed by atoms with Crippen molar-refractivity contribution in [3.63, 3.8) is 0 Å². The topological polar surface area (TPSA) is 83.9 Å². The van der Waals surface area contributed by atoms with Gasteiger partial charge in [0.25, 0.3) is 0 Å². The summed E-state index contributed by atoms with van der Waals surface area (Å²) in [6.45, 7) is 4.52. The number of hydrogen-bond donors (Lipinski definition) is 1. The number of hydrogen-bond acceptors (Lipinski definition) is 4. The van der Waals surface area contributed by atoms with E-state index >= 15 is 0 Å². The van der Waals surface area contributed by atoms with E-state index in [0.717, 1.165) is 12.8 Å². The number of likely N-dealkylation sites (tertiary alicyclic amines) is 1. The van der Waals surface area contributed by atoms with Gasteiger partial charge in [0.2, 0.25) is 5.91 Å². The molecule has 0 aromatic heterocycles. The normalized spacial score (nSPS) is 19.6. The number of carboxylic acids is 1. The van der Waals surface area contributed by atoms with Crippen LogP contribution in [0.3, 0.4) is 0 Å². The number of piperidine rings is 1. The number of nitrogens with zero attached hydrogens (tertiary/aromatic N) is 1. The quantitative estimate of drug-likeness (QED) is 0.769. The summed E-state index contributed by atoms with van der Waals surface area (Å²) in [6.07, 6.45) is 1.63. The van der Waals surface area contributed by atoms with Gasteiger partial charge in [-0.05, 0) is 18.3 Å². The number of methoxy groups -OCH3 is 1. The van der Waals surface area contributed by atoms with E-state index < -0.39 is 11.4 Å². The smallest absolute Gasteiger partial charge is 0.310 e. The largest absolute Gasteiger partial charge is 0.481 e. The van der Waals surface area contributed by atoms with Crippen LogP contribution in [0.4, 0.5) is 0 Å². The summed E-state index contributed by atoms with van der Waals surface area (Å²) in [6, 6.07) is 0. The molecule has 1 aliphatic heterocycles. The first-order valence-corrected chi connectivity index (χ1v) is 6.82. The Kier molecular flexibility index (Phi) is 5.53. The molecular formula is C14H23NO5. The summed E-state index contributed by atoms with van der Waals surface area (Å²) in [5.74, 6) is -1.55. The van der Waals surface area contributed by atoms with Crippen LogP contribution in [0, 0.1) is 11.3 Å². The van der Waals surface area contributed by atoms with Crippen molar-refractivity contribution in [2.24, 2.45) is 11.3 Å². The number of aliphatic carboxylic acids is 1. The molecule has 1 N–H and O–H groups in total. The first kappa shape index (κ1) is 16.5. The highest BCUT2D eigenvalue weighted by atomic mass is 16.5. The highest BCUT2D eigenvalue weighted by molar-refractivity contribution is 5.79. The van der Waals surface area contributed by atoms with Crippen molar-refractivity contribution in [1.29, 1.82) is 0 Å². The molecule has 0 aliphatic carbocycles. The van der Waals surface area contributed by atoms with Crippen LogP contribution in [0.25, 0.3) is 0 Å². The van der Waals surface area contributed by atoms with E-state index in [2.05, 4.69) is 0 Å². The van der Waals surface area contributed by atoms with Gasteiger partial charge in [0.1, 0.15) is 0 Å². The lowest BCUT2D eigenvalue weighted by molar-refractivity contribution is -0.149. The van der Waals surface area contributed by atoms with Gasteiger partial charge in [0.15, 0.2) is 0 Å². The number of carbonyl (C=O) groups is 3. The number of esters is 1. The average Bonchev–Trinajstić information content (AvgIpc) is 2.35. The summed E-state index contributed by atoms with van der Waals surface area (Å²) in [4.78, 5) is 36.2. The maximum Gasteiger partial charge on any atom is 0.310 e. The second kappa shape index (κ2) is 6.72. The monoisotopic (exact) mass is 285 g/mol. The first-order valence-electron chi connectivity index (χ1n) is 6.82. The Balaban J connectivity index is 2.58. The van der Waals surface area contributed by atoms with Gasteiger partial charge in [-0.1, -0.05) is 13.8 Å². The van der Waals surface area contributed by atoms with Gasteiger partial charge in [0, 0.05) is 19.5 Å². The van der Waals surface area contributed by atoms with Gasteiger partial charge < -0.3 is 14.7 Å². The van der Waals surface area contributed by atoms with Crippen molar-refractivity contribution in [1.82, 2.24) is 4.90 Å². The van der Waals surface area contributed by atoms with Crippen molar-refractivity contribution < 1.29 is 24.2 Å². The molecule has 1 aliphatic rings. The molecule has 1 atom stereocenters. The molecule has 0 aromatic carbocycles. The van der Waals surface area contributed by atoms with Gasteiger partial charge in [-0.15, -0.1) is 0 Å². The van der Waals surface area contributed by atoms with Crippen LogP contribution >= 0.6 is 0 Å². The fourth-order valence-corrected chi connectivity index (χ4v) is 2.56. The molecule has 0 bridgehead atoms. The standard InChI is InChI=1S/C14H23NO5/c1-14(2,8-12(17)18)7-11(16)15-6-4-5-10(9-15)13(19)20-3/h10H,4-9H2,1-3H3,(H,17,18). The summed E-state index contributed by atoms with van der Waals surface area (Å²) in [7, 11) is 1.35. The second-order valence-electron chi connectivity index (χ2n) is 6.11. The zero-order valence-electron chi connectivity index (χ0n) is 12.3. The summed E-state index contributed by atoms with van der Waals surface area (Å²) < 4.78 is 4.72. The van der Waals surface area contributed by atoms with Crippen LogP contribution in [0.1, 0.15) is 39.5 Å². The van der Waals surface area contributed by atoms with Crippen LogP contribution in [-0.4, -0.2) is 48.1 Å². The molecule has 1 heterocycles. The molecule has 0 radical (unpaired) electrons. The van der Waals surface area contributed by atoms with E-state index in [9.17, 15) is 14.4 Å². The van der Waals surface area contributed by atoms with Crippen molar-refractivity contribution in [3.8, 4) is 0 Å². The van der Waals surface area contributed by atoms with Crippen molar-refractivity contribution in [2.75, 3.05) is 20.2 Å². The van der Waals surface area contributed by atoms with Gasteiger partial charge in [-0.25, -0.2) is 0 Å². The predicted molar refractivity (Wildman–Crippen MR) is 72.0 cm³/mol. The van der Waals surface area contributed by atoms with E-state index in [1.807, 2.05) is 0 Å². The Labute approximate surface area is 119 Å². The second-order valence-corrected chi connectivity index (χ2v) is 6.11. The lowest BCUT2D eigenvalue weighted by atomic mass is 9.84. The number of rotatable bonds is 5. The lowest BCUT2D eigenvalue weighted by Gasteiger charge is -2.33. The van der Waals surface area contributed by atoms with Crippen molar-refractivity contribution in [2.45, 2.75) is 39.5 Å². The van der Waals surface area contributed by atoms with Crippen LogP contribution < -0.4 is 0 Å². The molecule has 1 amide bonds. The third-order valence-corrected chi connectivity index (χ3v) is 3.57. The van der Waals surface area contributed by atoms with Gasteiger partial charge in [-0.2, -0.15) is 0 Å².